The third-order valence-electron chi connectivity index (χ3n) is 5.16. The molecule has 168 valence electrons. The van der Waals surface area contributed by atoms with E-state index in [-0.39, 0.29) is 47.5 Å². The van der Waals surface area contributed by atoms with Crippen LogP contribution in [0.4, 0.5) is 0 Å². The number of aryl methyl sites for hydroxylation is 2. The Bertz CT molecular complexity index is 1380. The number of fused-ring (bicyclic) bond motifs is 2. The molecule has 0 saturated heterocycles. The van der Waals surface area contributed by atoms with Gasteiger partial charge in [-0.3, -0.25) is 0 Å². The molecule has 0 amide bonds. The fraction of sp³-hybridized carbons (Fsp3) is 0.167. The smallest absolute Gasteiger partial charge is 0.744 e. The standard InChI is InChI=1S/2C12H12O3S.Ca/c2*1-2-9-6-7-11-10(8-9)4-3-5-12(11)16(13,14)15;/h2*3-8H,2H2,1H3,(H,13,14,15);/q;;+2/p-2. The summed E-state index contributed by atoms with van der Waals surface area (Å²) < 4.78 is 66.3. The zero-order chi connectivity index (χ0) is 23.5. The molecule has 0 fully saturated rings. The molecule has 0 heterocycles. The molecule has 0 saturated carbocycles. The summed E-state index contributed by atoms with van der Waals surface area (Å²) >= 11 is 0. The van der Waals surface area contributed by atoms with Crippen molar-refractivity contribution < 1.29 is 25.9 Å². The predicted molar refractivity (Wildman–Crippen MR) is 128 cm³/mol. The van der Waals surface area contributed by atoms with Gasteiger partial charge in [0, 0.05) is 0 Å². The zero-order valence-electron chi connectivity index (χ0n) is 18.3. The van der Waals surface area contributed by atoms with Gasteiger partial charge in [0.1, 0.15) is 20.2 Å². The molecule has 33 heavy (non-hydrogen) atoms. The van der Waals surface area contributed by atoms with Gasteiger partial charge < -0.3 is 9.11 Å². The van der Waals surface area contributed by atoms with Crippen molar-refractivity contribution >= 4 is 79.5 Å². The molecule has 4 aromatic rings. The van der Waals surface area contributed by atoms with Crippen LogP contribution in [0.15, 0.2) is 82.6 Å². The van der Waals surface area contributed by atoms with Crippen molar-refractivity contribution in [2.24, 2.45) is 0 Å². The van der Waals surface area contributed by atoms with Gasteiger partial charge in [-0.25, -0.2) is 16.8 Å². The molecule has 9 heteroatoms. The first-order valence-corrected chi connectivity index (χ1v) is 12.8. The van der Waals surface area contributed by atoms with Gasteiger partial charge in [-0.1, -0.05) is 74.5 Å². The normalized spacial score (nSPS) is 11.5. The van der Waals surface area contributed by atoms with E-state index in [1.54, 1.807) is 24.3 Å². The quantitative estimate of drug-likeness (QED) is 0.300. The molecule has 4 rings (SSSR count). The van der Waals surface area contributed by atoms with Gasteiger partial charge in [-0.05, 0) is 57.6 Å². The summed E-state index contributed by atoms with van der Waals surface area (Å²) in [4.78, 5) is -0.291. The Morgan fingerprint density at radius 1 is 0.606 bits per heavy atom. The van der Waals surface area contributed by atoms with Gasteiger partial charge in [-0.2, -0.15) is 0 Å². The number of benzene rings is 4. The minimum absolute atomic E-state index is 0. The van der Waals surface area contributed by atoms with Crippen molar-refractivity contribution in [1.82, 2.24) is 0 Å². The average Bonchev–Trinajstić information content (AvgIpc) is 2.76. The first-order valence-electron chi connectivity index (χ1n) is 9.99. The molecule has 0 spiro atoms. The molecule has 0 atom stereocenters. The zero-order valence-corrected chi connectivity index (χ0v) is 22.2. The summed E-state index contributed by atoms with van der Waals surface area (Å²) in [6.45, 7) is 4.05. The summed E-state index contributed by atoms with van der Waals surface area (Å²) in [5.41, 5.74) is 2.24. The minimum Gasteiger partial charge on any atom is -0.744 e. The monoisotopic (exact) mass is 510 g/mol. The molecule has 0 radical (unpaired) electrons. The van der Waals surface area contributed by atoms with E-state index in [4.69, 9.17) is 0 Å². The van der Waals surface area contributed by atoms with E-state index in [1.807, 2.05) is 50.2 Å². The van der Waals surface area contributed by atoms with Crippen LogP contribution in [-0.4, -0.2) is 63.7 Å². The minimum atomic E-state index is -4.40. The van der Waals surface area contributed by atoms with Crippen LogP contribution >= 0.6 is 0 Å². The first-order chi connectivity index (χ1) is 15.0. The molecular weight excluding hydrogens is 488 g/mol. The van der Waals surface area contributed by atoms with E-state index in [0.717, 1.165) is 34.7 Å². The molecule has 6 nitrogen and oxygen atoms in total. The van der Waals surface area contributed by atoms with E-state index in [0.29, 0.717) is 10.8 Å². The second-order valence-electron chi connectivity index (χ2n) is 7.24. The van der Waals surface area contributed by atoms with E-state index in [1.165, 1.54) is 12.1 Å². The molecule has 0 aliphatic rings. The predicted octanol–water partition coefficient (Wildman–Crippen LogP) is 4.23. The summed E-state index contributed by atoms with van der Waals surface area (Å²) in [5.74, 6) is 0. The fourth-order valence-electron chi connectivity index (χ4n) is 3.48. The molecular formula is C24H22CaO6S2. The molecule has 4 aromatic carbocycles. The van der Waals surface area contributed by atoms with Gasteiger partial charge in [-0.15, -0.1) is 0 Å². The summed E-state index contributed by atoms with van der Waals surface area (Å²) in [6, 6.07) is 20.4. The van der Waals surface area contributed by atoms with Crippen molar-refractivity contribution in [3.63, 3.8) is 0 Å². The maximum Gasteiger partial charge on any atom is 2.00 e. The van der Waals surface area contributed by atoms with Crippen LogP contribution in [0.5, 0.6) is 0 Å². The first kappa shape index (κ1) is 27.7. The van der Waals surface area contributed by atoms with Gasteiger partial charge in [0.25, 0.3) is 0 Å². The van der Waals surface area contributed by atoms with E-state index >= 15 is 0 Å². The van der Waals surface area contributed by atoms with E-state index in [2.05, 4.69) is 0 Å². The van der Waals surface area contributed by atoms with E-state index < -0.39 is 20.2 Å². The van der Waals surface area contributed by atoms with Gasteiger partial charge >= 0.3 is 37.7 Å². The molecule has 0 bridgehead atoms. The van der Waals surface area contributed by atoms with Crippen LogP contribution in [0.1, 0.15) is 25.0 Å². The summed E-state index contributed by atoms with van der Waals surface area (Å²) in [7, 11) is -8.80. The van der Waals surface area contributed by atoms with Crippen molar-refractivity contribution in [2.75, 3.05) is 0 Å². The molecule has 0 aliphatic heterocycles. The SMILES string of the molecule is CCc1ccc2c(S(=O)(=O)[O-])cccc2c1.CCc1ccc2c(S(=O)(=O)[O-])cccc2c1.[Ca+2]. The Hall–Kier alpha value is -1.52. The summed E-state index contributed by atoms with van der Waals surface area (Å²) in [5, 5.41) is 2.57. The third-order valence-corrected chi connectivity index (χ3v) is 6.95. The van der Waals surface area contributed by atoms with E-state index in [9.17, 15) is 25.9 Å². The maximum atomic E-state index is 11.0. The van der Waals surface area contributed by atoms with Crippen LogP contribution in [0.25, 0.3) is 21.5 Å². The Morgan fingerprint density at radius 2 is 0.970 bits per heavy atom. The third kappa shape index (κ3) is 6.76. The van der Waals surface area contributed by atoms with Crippen molar-refractivity contribution in [3.05, 3.63) is 83.9 Å². The Morgan fingerprint density at radius 3 is 1.27 bits per heavy atom. The van der Waals surface area contributed by atoms with Crippen molar-refractivity contribution in [3.8, 4) is 0 Å². The van der Waals surface area contributed by atoms with Crippen molar-refractivity contribution in [1.29, 1.82) is 0 Å². The summed E-state index contributed by atoms with van der Waals surface area (Å²) in [6.07, 6.45) is 1.76. The Balaban J connectivity index is 0.000000227. The second-order valence-corrected chi connectivity index (χ2v) is 9.93. The molecule has 0 aliphatic carbocycles. The number of rotatable bonds is 4. The topological polar surface area (TPSA) is 114 Å². The molecule has 0 N–H and O–H groups in total. The van der Waals surface area contributed by atoms with Crippen LogP contribution in [0.2, 0.25) is 0 Å². The Labute approximate surface area is 224 Å². The fourth-order valence-corrected chi connectivity index (χ4v) is 4.88. The molecule has 0 aromatic heterocycles. The van der Waals surface area contributed by atoms with Crippen molar-refractivity contribution in [2.45, 2.75) is 36.5 Å². The van der Waals surface area contributed by atoms with Crippen LogP contribution in [-0.2, 0) is 33.1 Å². The average molecular weight is 511 g/mol. The van der Waals surface area contributed by atoms with Gasteiger partial charge in [0.15, 0.2) is 0 Å². The van der Waals surface area contributed by atoms with Crippen LogP contribution < -0.4 is 0 Å². The van der Waals surface area contributed by atoms with Gasteiger partial charge in [0.2, 0.25) is 0 Å². The Kier molecular flexibility index (Phi) is 9.47. The maximum absolute atomic E-state index is 11.0. The number of hydrogen-bond donors (Lipinski definition) is 0. The van der Waals surface area contributed by atoms with Gasteiger partial charge in [0.05, 0.1) is 9.79 Å². The van der Waals surface area contributed by atoms with Crippen LogP contribution in [0, 0.1) is 0 Å². The number of hydrogen-bond acceptors (Lipinski definition) is 6. The molecule has 0 unspecified atom stereocenters. The second kappa shape index (κ2) is 11.3. The largest absolute Gasteiger partial charge is 2.00 e. The van der Waals surface area contributed by atoms with Crippen LogP contribution in [0.3, 0.4) is 0 Å².